The first-order valence-corrected chi connectivity index (χ1v) is 12.7. The van der Waals surface area contributed by atoms with E-state index in [1.807, 2.05) is 13.0 Å². The largest absolute Gasteiger partial charge is 0.391 e. The molecule has 0 saturated carbocycles. The number of aromatic amines is 1. The Bertz CT molecular complexity index is 1480. The molecule has 194 valence electrons. The molecule has 1 unspecified atom stereocenters. The van der Waals surface area contributed by atoms with Crippen LogP contribution in [-0.2, 0) is 11.2 Å². The number of likely N-dealkylation sites (tertiary alicyclic amines) is 1. The molecule has 3 aromatic rings. The molecule has 2 aromatic carbocycles. The molecule has 2 aliphatic rings. The predicted molar refractivity (Wildman–Crippen MR) is 140 cm³/mol. The Kier molecular flexibility index (Phi) is 6.87. The van der Waals surface area contributed by atoms with Crippen molar-refractivity contribution in [1.82, 2.24) is 14.8 Å². The fourth-order valence-corrected chi connectivity index (χ4v) is 5.84. The zero-order valence-corrected chi connectivity index (χ0v) is 21.5. The molecule has 1 aromatic heterocycles. The van der Waals surface area contributed by atoms with Crippen molar-refractivity contribution in [2.45, 2.75) is 31.9 Å². The molecule has 8 nitrogen and oxygen atoms in total. The molecular weight excluding hydrogens is 522 g/mol. The summed E-state index contributed by atoms with van der Waals surface area (Å²) in [7, 11) is 0. The SMILES string of the molecule is CC1c2c(Cl)cc(Cl)cc2CCN1C(=O)CNc1cc2cc(C(=O)N3CC[C@H](O)C3)[nH]c(=O)c2cc1F. The highest BCUT2D eigenvalue weighted by atomic mass is 35.5. The van der Waals surface area contributed by atoms with Gasteiger partial charge in [-0.1, -0.05) is 23.2 Å². The van der Waals surface area contributed by atoms with E-state index in [9.17, 15) is 23.9 Å². The van der Waals surface area contributed by atoms with Crippen LogP contribution in [0.15, 0.2) is 35.1 Å². The first-order chi connectivity index (χ1) is 17.6. The lowest BCUT2D eigenvalue weighted by atomic mass is 9.93. The number of nitrogens with one attached hydrogen (secondary N) is 2. The molecule has 2 atom stereocenters. The summed E-state index contributed by atoms with van der Waals surface area (Å²) >= 11 is 12.5. The number of pyridine rings is 1. The van der Waals surface area contributed by atoms with Gasteiger partial charge in [0.15, 0.2) is 0 Å². The normalized spacial score (nSPS) is 19.3. The van der Waals surface area contributed by atoms with Crippen LogP contribution in [0.3, 0.4) is 0 Å². The maximum absolute atomic E-state index is 14.8. The number of aliphatic hydroxyl groups excluding tert-OH is 1. The third-order valence-electron chi connectivity index (χ3n) is 7.05. The Labute approximate surface area is 222 Å². The standard InChI is InChI=1S/C26H25Cl2FN4O4/c1-13-24-14(6-16(27)9-19(24)28)2-5-33(13)23(35)11-30-21-7-15-8-22(26(37)32-4-3-17(34)12-32)31-25(36)18(15)10-20(21)29/h6-10,13,17,30,34H,2-5,11-12H2,1H3,(H,31,36)/t13?,17-/m0/s1. The highest BCUT2D eigenvalue weighted by Gasteiger charge is 2.30. The van der Waals surface area contributed by atoms with Crippen LogP contribution in [0.25, 0.3) is 10.8 Å². The maximum atomic E-state index is 14.8. The van der Waals surface area contributed by atoms with Crippen LogP contribution in [0.4, 0.5) is 10.1 Å². The molecule has 2 aliphatic heterocycles. The number of hydrogen-bond acceptors (Lipinski definition) is 5. The number of benzene rings is 2. The second-order valence-corrected chi connectivity index (χ2v) is 10.3. The minimum Gasteiger partial charge on any atom is -0.391 e. The fourth-order valence-electron chi connectivity index (χ4n) is 5.15. The second-order valence-electron chi connectivity index (χ2n) is 9.45. The van der Waals surface area contributed by atoms with Crippen LogP contribution in [0, 0.1) is 5.82 Å². The van der Waals surface area contributed by atoms with Gasteiger partial charge in [0.05, 0.1) is 29.8 Å². The Morgan fingerprint density at radius 3 is 2.70 bits per heavy atom. The highest BCUT2D eigenvalue weighted by Crippen LogP contribution is 2.37. The van der Waals surface area contributed by atoms with Crippen LogP contribution < -0.4 is 10.9 Å². The molecule has 3 N–H and O–H groups in total. The van der Waals surface area contributed by atoms with Gasteiger partial charge in [0, 0.05) is 29.7 Å². The minimum atomic E-state index is -0.692. The number of β-amino-alcohol motifs (C(OH)–C–C–N with tert-alkyl or cyclic N) is 1. The molecule has 37 heavy (non-hydrogen) atoms. The van der Waals surface area contributed by atoms with Crippen LogP contribution >= 0.6 is 23.2 Å². The summed E-state index contributed by atoms with van der Waals surface area (Å²) in [5.74, 6) is -1.34. The molecule has 1 fully saturated rings. The number of nitrogens with zero attached hydrogens (tertiary/aromatic N) is 2. The highest BCUT2D eigenvalue weighted by molar-refractivity contribution is 6.35. The molecule has 3 heterocycles. The number of carbonyl (C=O) groups is 2. The Morgan fingerprint density at radius 2 is 1.97 bits per heavy atom. The lowest BCUT2D eigenvalue weighted by molar-refractivity contribution is -0.131. The number of aromatic nitrogens is 1. The van der Waals surface area contributed by atoms with Crippen LogP contribution in [0.5, 0.6) is 0 Å². The van der Waals surface area contributed by atoms with Crippen molar-refractivity contribution in [2.24, 2.45) is 0 Å². The van der Waals surface area contributed by atoms with Crippen molar-refractivity contribution < 1.29 is 19.1 Å². The van der Waals surface area contributed by atoms with Gasteiger partial charge < -0.3 is 25.2 Å². The fraction of sp³-hybridized carbons (Fsp3) is 0.346. The van der Waals surface area contributed by atoms with E-state index in [0.29, 0.717) is 41.4 Å². The predicted octanol–water partition coefficient (Wildman–Crippen LogP) is 3.74. The van der Waals surface area contributed by atoms with E-state index in [4.69, 9.17) is 23.2 Å². The zero-order chi connectivity index (χ0) is 26.4. The number of anilines is 1. The Morgan fingerprint density at radius 1 is 1.19 bits per heavy atom. The van der Waals surface area contributed by atoms with E-state index >= 15 is 0 Å². The van der Waals surface area contributed by atoms with Crippen LogP contribution in [0.1, 0.15) is 41.0 Å². The second kappa shape index (κ2) is 9.96. The number of rotatable bonds is 4. The lowest BCUT2D eigenvalue weighted by Gasteiger charge is -2.36. The van der Waals surface area contributed by atoms with E-state index in [1.165, 1.54) is 17.0 Å². The average molecular weight is 547 g/mol. The van der Waals surface area contributed by atoms with Crippen molar-refractivity contribution in [2.75, 3.05) is 31.5 Å². The van der Waals surface area contributed by atoms with Gasteiger partial charge in [-0.3, -0.25) is 14.4 Å². The number of H-pyrrole nitrogens is 1. The Hall–Kier alpha value is -3.14. The Balaban J connectivity index is 1.35. The molecule has 2 amide bonds. The summed E-state index contributed by atoms with van der Waals surface area (Å²) in [6, 6.07) is 7.21. The van der Waals surface area contributed by atoms with Crippen LogP contribution in [0.2, 0.25) is 10.0 Å². The third-order valence-corrected chi connectivity index (χ3v) is 7.58. The van der Waals surface area contributed by atoms with E-state index in [-0.39, 0.29) is 41.8 Å². The van der Waals surface area contributed by atoms with Crippen molar-refractivity contribution in [3.05, 3.63) is 73.4 Å². The van der Waals surface area contributed by atoms with Gasteiger partial charge in [0.25, 0.3) is 11.5 Å². The first kappa shape index (κ1) is 25.5. The molecular formula is C26H25Cl2FN4O4. The number of hydrogen-bond donors (Lipinski definition) is 3. The number of fused-ring (bicyclic) bond motifs is 2. The smallest absolute Gasteiger partial charge is 0.270 e. The van der Waals surface area contributed by atoms with Gasteiger partial charge in [0.1, 0.15) is 11.5 Å². The van der Waals surface area contributed by atoms with E-state index < -0.39 is 23.4 Å². The van der Waals surface area contributed by atoms with Gasteiger partial charge in [0.2, 0.25) is 5.91 Å². The summed E-state index contributed by atoms with van der Waals surface area (Å²) in [5.41, 5.74) is 1.35. The van der Waals surface area contributed by atoms with Crippen molar-refractivity contribution in [3.8, 4) is 0 Å². The number of amides is 2. The number of carbonyl (C=O) groups excluding carboxylic acids is 2. The van der Waals surface area contributed by atoms with Gasteiger partial charge >= 0.3 is 0 Å². The van der Waals surface area contributed by atoms with E-state index in [1.54, 1.807) is 11.0 Å². The van der Waals surface area contributed by atoms with Gasteiger partial charge in [-0.2, -0.15) is 0 Å². The van der Waals surface area contributed by atoms with E-state index in [0.717, 1.165) is 17.2 Å². The lowest BCUT2D eigenvalue weighted by Crippen LogP contribution is -2.42. The van der Waals surface area contributed by atoms with Gasteiger partial charge in [-0.25, -0.2) is 4.39 Å². The first-order valence-electron chi connectivity index (χ1n) is 12.0. The van der Waals surface area contributed by atoms with E-state index in [2.05, 4.69) is 10.3 Å². The molecule has 0 spiro atoms. The summed E-state index contributed by atoms with van der Waals surface area (Å²) in [6.45, 7) is 2.76. The van der Waals surface area contributed by atoms with Crippen molar-refractivity contribution in [3.63, 3.8) is 0 Å². The van der Waals surface area contributed by atoms with Crippen LogP contribution in [-0.4, -0.2) is 64.0 Å². The topological polar surface area (TPSA) is 106 Å². The molecule has 0 aliphatic carbocycles. The zero-order valence-electron chi connectivity index (χ0n) is 20.0. The minimum absolute atomic E-state index is 0.0383. The quantitative estimate of drug-likeness (QED) is 0.462. The summed E-state index contributed by atoms with van der Waals surface area (Å²) in [4.78, 5) is 44.1. The summed E-state index contributed by atoms with van der Waals surface area (Å²) in [5, 5.41) is 14.0. The molecule has 0 bridgehead atoms. The third kappa shape index (κ3) is 4.91. The summed E-state index contributed by atoms with van der Waals surface area (Å²) < 4.78 is 14.8. The summed E-state index contributed by atoms with van der Waals surface area (Å²) in [6.07, 6.45) is 0.477. The van der Waals surface area contributed by atoms with Gasteiger partial charge in [-0.15, -0.1) is 0 Å². The molecule has 0 radical (unpaired) electrons. The molecule has 11 heteroatoms. The number of halogens is 3. The molecule has 5 rings (SSSR count). The van der Waals surface area contributed by atoms with Gasteiger partial charge in [-0.05, 0) is 66.6 Å². The maximum Gasteiger partial charge on any atom is 0.270 e. The van der Waals surface area contributed by atoms with Crippen molar-refractivity contribution in [1.29, 1.82) is 0 Å². The average Bonchev–Trinajstić information content (AvgIpc) is 3.28. The number of aliphatic hydroxyl groups is 1. The van der Waals surface area contributed by atoms with Crippen molar-refractivity contribution >= 4 is 51.5 Å². The molecule has 1 saturated heterocycles. The monoisotopic (exact) mass is 546 g/mol.